The maximum atomic E-state index is 14.7. The summed E-state index contributed by atoms with van der Waals surface area (Å²) in [6.45, 7) is 9.68. The Balaban J connectivity index is 1.40. The van der Waals surface area contributed by atoms with Crippen molar-refractivity contribution in [3.63, 3.8) is 0 Å². The van der Waals surface area contributed by atoms with E-state index in [4.69, 9.17) is 19.9 Å². The van der Waals surface area contributed by atoms with E-state index in [-0.39, 0.29) is 55.5 Å². The van der Waals surface area contributed by atoms with E-state index < -0.39 is 52.7 Å². The van der Waals surface area contributed by atoms with Crippen LogP contribution in [0.5, 0.6) is 0 Å². The zero-order chi connectivity index (χ0) is 38.1. The fourth-order valence-corrected chi connectivity index (χ4v) is 10.6. The number of rotatable bonds is 20. The molecule has 5 aliphatic rings. The summed E-state index contributed by atoms with van der Waals surface area (Å²) in [4.78, 5) is 72.0. The molecule has 2 amide bonds. The van der Waals surface area contributed by atoms with E-state index in [0.29, 0.717) is 49.6 Å². The van der Waals surface area contributed by atoms with Gasteiger partial charge in [0.15, 0.2) is 0 Å². The number of fused-ring (bicyclic) bond motifs is 3. The van der Waals surface area contributed by atoms with Gasteiger partial charge in [-0.25, -0.2) is 0 Å². The van der Waals surface area contributed by atoms with E-state index in [2.05, 4.69) is 17.1 Å². The Bertz CT molecular complexity index is 1330. The molecule has 0 aromatic rings. The zero-order valence-electron chi connectivity index (χ0n) is 33.0. The second-order valence-corrected chi connectivity index (χ2v) is 18.6. The van der Waals surface area contributed by atoms with Crippen LogP contribution in [-0.2, 0) is 38.2 Å². The summed E-state index contributed by atoms with van der Waals surface area (Å²) in [5.74, 6) is -1.30. The maximum Gasteiger partial charge on any atom is 0.312 e. The number of nitrogens with zero attached hydrogens (tertiary/aromatic N) is 2. The van der Waals surface area contributed by atoms with Gasteiger partial charge in [-0.3, -0.25) is 24.0 Å². The number of hydrogen-bond donors (Lipinski definition) is 2. The van der Waals surface area contributed by atoms with Gasteiger partial charge in [-0.05, 0) is 130 Å². The van der Waals surface area contributed by atoms with Crippen LogP contribution < -0.4 is 11.1 Å². The molecule has 5 rings (SSSR count). The predicted octanol–water partition coefficient (Wildman–Crippen LogP) is 3.65. The first-order valence-corrected chi connectivity index (χ1v) is 19.9. The van der Waals surface area contributed by atoms with Crippen molar-refractivity contribution in [2.45, 2.75) is 104 Å². The molecule has 12 atom stereocenters. The van der Waals surface area contributed by atoms with Crippen LogP contribution in [0.3, 0.4) is 0 Å². The number of nitrogens with one attached hydrogen (secondary N) is 1. The monoisotopic (exact) mass is 730 g/mol. The van der Waals surface area contributed by atoms with Crippen molar-refractivity contribution < 1.29 is 38.2 Å². The van der Waals surface area contributed by atoms with E-state index in [9.17, 15) is 24.0 Å². The number of likely N-dealkylation sites (N-methyl/N-ethyl adjacent to an activating group) is 1. The van der Waals surface area contributed by atoms with Crippen molar-refractivity contribution in [1.82, 2.24) is 15.1 Å². The highest BCUT2D eigenvalue weighted by Gasteiger charge is 2.64. The third-order valence-electron chi connectivity index (χ3n) is 13.6. The van der Waals surface area contributed by atoms with Crippen molar-refractivity contribution in [2.24, 2.45) is 69.8 Å². The highest BCUT2D eigenvalue weighted by atomic mass is 16.6. The number of esters is 3. The molecule has 12 heteroatoms. The minimum absolute atomic E-state index is 0.0217. The van der Waals surface area contributed by atoms with Crippen LogP contribution in [0.4, 0.5) is 0 Å². The zero-order valence-corrected chi connectivity index (χ0v) is 33.0. The Morgan fingerprint density at radius 3 is 2.23 bits per heavy atom. The average Bonchev–Trinajstić information content (AvgIpc) is 3.87. The van der Waals surface area contributed by atoms with Gasteiger partial charge >= 0.3 is 17.9 Å². The first-order chi connectivity index (χ1) is 24.4. The van der Waals surface area contributed by atoms with Crippen molar-refractivity contribution in [1.29, 1.82) is 0 Å². The van der Waals surface area contributed by atoms with E-state index in [1.54, 1.807) is 6.92 Å². The molecule has 0 spiro atoms. The van der Waals surface area contributed by atoms with Gasteiger partial charge in [-0.1, -0.05) is 20.8 Å². The standard InChI is InChI=1S/C40H66N4O8/c1-23-24-10-11-25(16-24)29(23)19-27(34(41)45)21-40(4,38(49)52-32-26-17-30-31(18-26)36(47)51-33(30)32)22-28(35(46)50-15-14-44(7)8)20-39(2,3)37(48)42-12-9-13-43(5)6/h23-33H,9-22H2,1-8H3,(H2,41,45)(H,42,48). The number of nitrogens with two attached hydrogens (primary N) is 1. The number of amides is 2. The molecular weight excluding hydrogens is 664 g/mol. The van der Waals surface area contributed by atoms with Gasteiger partial charge in [-0.2, -0.15) is 0 Å². The largest absolute Gasteiger partial charge is 0.464 e. The molecule has 12 nitrogen and oxygen atoms in total. The molecule has 3 N–H and O–H groups in total. The average molecular weight is 731 g/mol. The highest BCUT2D eigenvalue weighted by Crippen LogP contribution is 2.57. The minimum atomic E-state index is -1.31. The van der Waals surface area contributed by atoms with Gasteiger partial charge in [0.05, 0.1) is 17.3 Å². The summed E-state index contributed by atoms with van der Waals surface area (Å²) in [7, 11) is 7.75. The topological polar surface area (TPSA) is 158 Å². The number of primary amides is 1. The molecule has 1 aliphatic heterocycles. The Labute approximate surface area is 311 Å². The molecule has 5 fully saturated rings. The Morgan fingerprint density at radius 2 is 1.60 bits per heavy atom. The van der Waals surface area contributed by atoms with Gasteiger partial charge in [-0.15, -0.1) is 0 Å². The van der Waals surface area contributed by atoms with E-state index in [1.165, 1.54) is 12.8 Å². The lowest BCUT2D eigenvalue weighted by Crippen LogP contribution is -2.45. The molecule has 1 saturated heterocycles. The van der Waals surface area contributed by atoms with E-state index in [0.717, 1.165) is 25.8 Å². The van der Waals surface area contributed by atoms with Crippen molar-refractivity contribution in [2.75, 3.05) is 54.4 Å². The van der Waals surface area contributed by atoms with Crippen LogP contribution in [-0.4, -0.2) is 106 Å². The molecular formula is C40H66N4O8. The lowest BCUT2D eigenvalue weighted by atomic mass is 9.68. The summed E-state index contributed by atoms with van der Waals surface area (Å²) in [5, 5.41) is 3.03. The fourth-order valence-electron chi connectivity index (χ4n) is 10.6. The normalized spacial score (nSPS) is 32.5. The molecule has 4 bridgehead atoms. The molecule has 4 saturated carbocycles. The number of ether oxygens (including phenoxy) is 3. The van der Waals surface area contributed by atoms with Gasteiger partial charge < -0.3 is 35.1 Å². The van der Waals surface area contributed by atoms with E-state index >= 15 is 0 Å². The first-order valence-electron chi connectivity index (χ1n) is 19.9. The van der Waals surface area contributed by atoms with Crippen LogP contribution in [0.1, 0.15) is 91.9 Å². The van der Waals surface area contributed by atoms with Gasteiger partial charge in [0.2, 0.25) is 11.8 Å². The van der Waals surface area contributed by atoms with Crippen LogP contribution in [0.2, 0.25) is 0 Å². The molecule has 12 unspecified atom stereocenters. The fraction of sp³-hybridized carbons (Fsp3) is 0.875. The summed E-state index contributed by atoms with van der Waals surface area (Å²) >= 11 is 0. The smallest absolute Gasteiger partial charge is 0.312 e. The summed E-state index contributed by atoms with van der Waals surface area (Å²) in [5.41, 5.74) is 3.87. The number of hydrogen-bond acceptors (Lipinski definition) is 10. The molecule has 0 radical (unpaired) electrons. The summed E-state index contributed by atoms with van der Waals surface area (Å²) in [6, 6.07) is 0. The van der Waals surface area contributed by atoms with Gasteiger partial charge in [0.1, 0.15) is 18.8 Å². The molecule has 294 valence electrons. The SMILES string of the molecule is CC1C2CCC(C2)C1CC(CC(C)(CC(CC(C)(C)C(=O)NCCCN(C)C)C(=O)OCCN(C)C)C(=O)OC1C2CC3C(=O)OC1C3C2)C(N)=O. The van der Waals surface area contributed by atoms with Crippen LogP contribution in [0, 0.1) is 64.1 Å². The molecule has 0 aromatic carbocycles. The Morgan fingerprint density at radius 1 is 0.923 bits per heavy atom. The lowest BCUT2D eigenvalue weighted by Gasteiger charge is -2.38. The van der Waals surface area contributed by atoms with Crippen LogP contribution >= 0.6 is 0 Å². The van der Waals surface area contributed by atoms with Crippen molar-refractivity contribution in [3.05, 3.63) is 0 Å². The second-order valence-electron chi connectivity index (χ2n) is 18.6. The van der Waals surface area contributed by atoms with Crippen LogP contribution in [0.15, 0.2) is 0 Å². The molecule has 1 heterocycles. The Kier molecular flexibility index (Phi) is 12.7. The highest BCUT2D eigenvalue weighted by molar-refractivity contribution is 5.84. The molecule has 4 aliphatic carbocycles. The van der Waals surface area contributed by atoms with Gasteiger partial charge in [0.25, 0.3) is 0 Å². The third-order valence-corrected chi connectivity index (χ3v) is 13.6. The molecule has 0 aromatic heterocycles. The minimum Gasteiger partial charge on any atom is -0.464 e. The second kappa shape index (κ2) is 16.3. The quantitative estimate of drug-likeness (QED) is 0.108. The lowest BCUT2D eigenvalue weighted by molar-refractivity contribution is -0.175. The Hall–Kier alpha value is -2.73. The van der Waals surface area contributed by atoms with Crippen molar-refractivity contribution in [3.8, 4) is 0 Å². The third kappa shape index (κ3) is 8.96. The summed E-state index contributed by atoms with van der Waals surface area (Å²) in [6.07, 6.45) is 5.59. The number of carbonyl (C=O) groups excluding carboxylic acids is 5. The van der Waals surface area contributed by atoms with E-state index in [1.807, 2.05) is 46.9 Å². The number of carbonyl (C=O) groups is 5. The molecule has 52 heavy (non-hydrogen) atoms. The van der Waals surface area contributed by atoms with Crippen LogP contribution in [0.25, 0.3) is 0 Å². The summed E-state index contributed by atoms with van der Waals surface area (Å²) < 4.78 is 17.9. The predicted molar refractivity (Wildman–Crippen MR) is 195 cm³/mol. The van der Waals surface area contributed by atoms with Crippen molar-refractivity contribution >= 4 is 29.7 Å². The van der Waals surface area contributed by atoms with Gasteiger partial charge in [0, 0.05) is 36.3 Å². The first kappa shape index (κ1) is 40.5. The maximum absolute atomic E-state index is 14.7.